The standard InChI is InChI=1S/C12H14BrF3O2S/c13-10-3-1-9(2-4-10)11(7-17,8-18)5-6-19-12(14,15)16/h1-4,17-18H,5-8H2. The van der Waals surface area contributed by atoms with Gasteiger partial charge in [0.05, 0.1) is 13.2 Å². The van der Waals surface area contributed by atoms with Crippen LogP contribution in [-0.4, -0.2) is 34.7 Å². The smallest absolute Gasteiger partial charge is 0.395 e. The second-order valence-electron chi connectivity index (χ2n) is 4.15. The molecule has 0 fully saturated rings. The lowest BCUT2D eigenvalue weighted by Crippen LogP contribution is -2.35. The Labute approximate surface area is 122 Å². The molecule has 2 N–H and O–H groups in total. The molecule has 19 heavy (non-hydrogen) atoms. The van der Waals surface area contributed by atoms with Crippen molar-refractivity contribution in [3.8, 4) is 0 Å². The molecule has 0 radical (unpaired) electrons. The maximum absolute atomic E-state index is 12.1. The molecular weight excluding hydrogens is 345 g/mol. The van der Waals surface area contributed by atoms with Crippen LogP contribution >= 0.6 is 27.7 Å². The number of halogens is 4. The Kier molecular flexibility index (Phi) is 6.16. The highest BCUT2D eigenvalue weighted by Crippen LogP contribution is 2.35. The number of aliphatic hydroxyl groups is 2. The van der Waals surface area contributed by atoms with E-state index in [1.807, 2.05) is 0 Å². The first-order valence-electron chi connectivity index (χ1n) is 5.51. The van der Waals surface area contributed by atoms with Gasteiger partial charge in [0.2, 0.25) is 0 Å². The number of alkyl halides is 3. The van der Waals surface area contributed by atoms with Crippen LogP contribution in [0, 0.1) is 0 Å². The van der Waals surface area contributed by atoms with Crippen molar-refractivity contribution in [1.82, 2.24) is 0 Å². The molecule has 0 unspecified atom stereocenters. The first-order valence-corrected chi connectivity index (χ1v) is 7.29. The summed E-state index contributed by atoms with van der Waals surface area (Å²) in [5.74, 6) is -0.208. The van der Waals surface area contributed by atoms with Crippen molar-refractivity contribution in [3.63, 3.8) is 0 Å². The number of hydrogen-bond donors (Lipinski definition) is 2. The molecule has 0 spiro atoms. The summed E-state index contributed by atoms with van der Waals surface area (Å²) in [6.07, 6.45) is 0.0474. The molecule has 7 heteroatoms. The summed E-state index contributed by atoms with van der Waals surface area (Å²) in [7, 11) is 0. The van der Waals surface area contributed by atoms with Gasteiger partial charge in [-0.1, -0.05) is 39.8 Å². The van der Waals surface area contributed by atoms with Gasteiger partial charge < -0.3 is 10.2 Å². The summed E-state index contributed by atoms with van der Waals surface area (Å²) >= 11 is 3.11. The summed E-state index contributed by atoms with van der Waals surface area (Å²) < 4.78 is 37.2. The van der Waals surface area contributed by atoms with Crippen molar-refractivity contribution >= 4 is 27.7 Å². The van der Waals surface area contributed by atoms with E-state index in [0.717, 1.165) is 4.47 Å². The average molecular weight is 359 g/mol. The zero-order valence-corrected chi connectivity index (χ0v) is 12.4. The van der Waals surface area contributed by atoms with Crippen molar-refractivity contribution in [2.75, 3.05) is 19.0 Å². The summed E-state index contributed by atoms with van der Waals surface area (Å²) in [5, 5.41) is 18.9. The van der Waals surface area contributed by atoms with E-state index in [2.05, 4.69) is 15.9 Å². The first-order chi connectivity index (χ1) is 8.83. The SMILES string of the molecule is OCC(CO)(CCSC(F)(F)F)c1ccc(Br)cc1. The maximum Gasteiger partial charge on any atom is 0.441 e. The van der Waals surface area contributed by atoms with Gasteiger partial charge in [-0.05, 0) is 24.1 Å². The van der Waals surface area contributed by atoms with Gasteiger partial charge in [-0.3, -0.25) is 0 Å². The number of hydrogen-bond acceptors (Lipinski definition) is 3. The highest BCUT2D eigenvalue weighted by atomic mass is 79.9. The Morgan fingerprint density at radius 2 is 1.58 bits per heavy atom. The van der Waals surface area contributed by atoms with Crippen LogP contribution in [-0.2, 0) is 5.41 Å². The van der Waals surface area contributed by atoms with E-state index in [0.29, 0.717) is 5.56 Å². The predicted octanol–water partition coefficient (Wildman–Crippen LogP) is 3.31. The number of thioether (sulfide) groups is 1. The summed E-state index contributed by atoms with van der Waals surface area (Å²) in [6.45, 7) is -0.799. The fourth-order valence-corrected chi connectivity index (χ4v) is 2.69. The van der Waals surface area contributed by atoms with E-state index in [4.69, 9.17) is 0 Å². The van der Waals surface area contributed by atoms with Gasteiger partial charge in [0.25, 0.3) is 0 Å². The molecule has 1 aromatic carbocycles. The van der Waals surface area contributed by atoms with Crippen molar-refractivity contribution in [2.45, 2.75) is 17.3 Å². The van der Waals surface area contributed by atoms with Gasteiger partial charge in [0.15, 0.2) is 0 Å². The minimum absolute atomic E-state index is 0.0474. The van der Waals surface area contributed by atoms with E-state index in [1.54, 1.807) is 24.3 Å². The van der Waals surface area contributed by atoms with Crippen molar-refractivity contribution < 1.29 is 23.4 Å². The largest absolute Gasteiger partial charge is 0.441 e. The monoisotopic (exact) mass is 358 g/mol. The van der Waals surface area contributed by atoms with Crippen LogP contribution in [0.2, 0.25) is 0 Å². The summed E-state index contributed by atoms with van der Waals surface area (Å²) in [6, 6.07) is 6.84. The summed E-state index contributed by atoms with van der Waals surface area (Å²) in [4.78, 5) is 0. The van der Waals surface area contributed by atoms with Gasteiger partial charge >= 0.3 is 5.51 Å². The minimum atomic E-state index is -4.30. The van der Waals surface area contributed by atoms with Crippen LogP contribution in [0.5, 0.6) is 0 Å². The van der Waals surface area contributed by atoms with E-state index in [9.17, 15) is 23.4 Å². The molecule has 1 aromatic rings. The van der Waals surface area contributed by atoms with Gasteiger partial charge in [-0.2, -0.15) is 13.2 Å². The van der Waals surface area contributed by atoms with Crippen LogP contribution in [0.1, 0.15) is 12.0 Å². The van der Waals surface area contributed by atoms with E-state index in [-0.39, 0.29) is 23.9 Å². The van der Waals surface area contributed by atoms with Crippen LogP contribution < -0.4 is 0 Å². The van der Waals surface area contributed by atoms with Gasteiger partial charge in [0, 0.05) is 15.6 Å². The third kappa shape index (κ3) is 4.98. The lowest BCUT2D eigenvalue weighted by Gasteiger charge is -2.30. The van der Waals surface area contributed by atoms with Gasteiger partial charge in [0.1, 0.15) is 0 Å². The molecule has 2 nitrogen and oxygen atoms in total. The minimum Gasteiger partial charge on any atom is -0.395 e. The Morgan fingerprint density at radius 3 is 2.00 bits per heavy atom. The Hall–Kier alpha value is -0.240. The fraction of sp³-hybridized carbons (Fsp3) is 0.500. The van der Waals surface area contributed by atoms with E-state index >= 15 is 0 Å². The molecule has 0 atom stereocenters. The predicted molar refractivity (Wildman–Crippen MR) is 73.1 cm³/mol. The Balaban J connectivity index is 2.82. The molecule has 0 aliphatic rings. The molecule has 0 bridgehead atoms. The van der Waals surface area contributed by atoms with Gasteiger partial charge in [-0.15, -0.1) is 0 Å². The maximum atomic E-state index is 12.1. The zero-order valence-electron chi connectivity index (χ0n) is 9.95. The first kappa shape index (κ1) is 16.8. The Bertz CT molecular complexity index is 391. The normalized spacial score (nSPS) is 12.7. The molecule has 0 amide bonds. The number of benzene rings is 1. The molecule has 108 valence electrons. The topological polar surface area (TPSA) is 40.5 Å². The lowest BCUT2D eigenvalue weighted by molar-refractivity contribution is -0.0329. The summed E-state index contributed by atoms with van der Waals surface area (Å²) in [5.41, 5.74) is -4.71. The molecule has 0 saturated carbocycles. The van der Waals surface area contributed by atoms with E-state index < -0.39 is 24.1 Å². The molecule has 0 heterocycles. The molecule has 0 saturated heterocycles. The molecule has 0 aliphatic carbocycles. The van der Waals surface area contributed by atoms with Crippen LogP contribution in [0.4, 0.5) is 13.2 Å². The quantitative estimate of drug-likeness (QED) is 0.819. The molecule has 0 aliphatic heterocycles. The zero-order chi connectivity index (χ0) is 14.5. The van der Waals surface area contributed by atoms with Crippen molar-refractivity contribution in [3.05, 3.63) is 34.3 Å². The lowest BCUT2D eigenvalue weighted by atomic mass is 9.79. The fourth-order valence-electron chi connectivity index (χ4n) is 1.70. The average Bonchev–Trinajstić information content (AvgIpc) is 2.35. The third-order valence-corrected chi connectivity index (χ3v) is 4.17. The Morgan fingerprint density at radius 1 is 1.05 bits per heavy atom. The number of rotatable bonds is 6. The molecular formula is C12H14BrF3O2S. The highest BCUT2D eigenvalue weighted by molar-refractivity contribution is 9.10. The van der Waals surface area contributed by atoms with Crippen molar-refractivity contribution in [1.29, 1.82) is 0 Å². The van der Waals surface area contributed by atoms with Crippen LogP contribution in [0.15, 0.2) is 28.7 Å². The highest BCUT2D eigenvalue weighted by Gasteiger charge is 2.34. The second-order valence-corrected chi connectivity index (χ2v) is 6.22. The molecule has 0 aromatic heterocycles. The molecule has 1 rings (SSSR count). The third-order valence-electron chi connectivity index (χ3n) is 2.91. The van der Waals surface area contributed by atoms with Crippen molar-refractivity contribution in [2.24, 2.45) is 0 Å². The second kappa shape index (κ2) is 6.97. The van der Waals surface area contributed by atoms with Crippen LogP contribution in [0.3, 0.4) is 0 Å². The van der Waals surface area contributed by atoms with Gasteiger partial charge in [-0.25, -0.2) is 0 Å². The van der Waals surface area contributed by atoms with Crippen LogP contribution in [0.25, 0.3) is 0 Å². The number of aliphatic hydroxyl groups excluding tert-OH is 2. The van der Waals surface area contributed by atoms with E-state index in [1.165, 1.54) is 0 Å².